The first-order valence-electron chi connectivity index (χ1n) is 13.0. The van der Waals surface area contributed by atoms with Crippen LogP contribution in [-0.4, -0.2) is 85.3 Å². The van der Waals surface area contributed by atoms with Crippen LogP contribution in [0.3, 0.4) is 0 Å². The number of amides is 1. The summed E-state index contributed by atoms with van der Waals surface area (Å²) in [6.45, 7) is -2.42. The monoisotopic (exact) mass is 738 g/mol. The number of anilines is 1. The lowest BCUT2D eigenvalue weighted by Crippen LogP contribution is -2.35. The third-order valence-electron chi connectivity index (χ3n) is 6.66. The van der Waals surface area contributed by atoms with E-state index in [1.807, 2.05) is 18.0 Å². The number of nitrogens with zero attached hydrogens (tertiary/aromatic N) is 4. The van der Waals surface area contributed by atoms with Crippen LogP contribution in [-0.2, 0) is 32.3 Å². The highest BCUT2D eigenvalue weighted by Gasteiger charge is 2.35. The van der Waals surface area contributed by atoms with E-state index in [1.54, 1.807) is 12.1 Å². The number of carboxylic acids is 3. The molecule has 1 saturated heterocycles. The van der Waals surface area contributed by atoms with Crippen molar-refractivity contribution in [2.75, 3.05) is 32.7 Å². The van der Waals surface area contributed by atoms with Gasteiger partial charge in [-0.15, -0.1) is 22.7 Å². The lowest BCUT2D eigenvalue weighted by Gasteiger charge is -2.15. The summed E-state index contributed by atoms with van der Waals surface area (Å²) in [5, 5.41) is 29.0. The molecule has 0 atom stereocenters. The Bertz CT molecular complexity index is 2270. The van der Waals surface area contributed by atoms with Gasteiger partial charge >= 0.3 is 17.9 Å². The Kier molecular flexibility index (Phi) is 9.68. The van der Waals surface area contributed by atoms with Gasteiger partial charge in [-0.1, -0.05) is 35.7 Å². The molecule has 1 fully saturated rings. The number of carbonyl (C=O) groups excluding carboxylic acids is 1. The number of hydrogen-bond donors (Lipinski definition) is 3. The first-order valence-corrected chi connectivity index (χ1v) is 16.7. The molecule has 20 heteroatoms. The topological polar surface area (TPSA) is 198 Å². The van der Waals surface area contributed by atoms with Crippen LogP contribution in [0.5, 0.6) is 11.5 Å². The molecular weight excluding hydrogens is 717 g/mol. The number of thioether (sulfide) groups is 2. The number of rotatable bonds is 9. The van der Waals surface area contributed by atoms with E-state index in [0.717, 1.165) is 36.0 Å². The number of methoxy groups -OCH3 is 2. The smallest absolute Gasteiger partial charge is 0.323 e. The summed E-state index contributed by atoms with van der Waals surface area (Å²) in [5.41, 5.74) is -0.765. The van der Waals surface area contributed by atoms with Crippen LogP contribution in [0.2, 0.25) is 0 Å². The predicted molar refractivity (Wildman–Crippen MR) is 179 cm³/mol. The number of carboxylic acid groups (broad SMARTS) is 3. The van der Waals surface area contributed by atoms with Gasteiger partial charge in [0.1, 0.15) is 42.7 Å². The molecule has 1 amide bonds. The summed E-state index contributed by atoms with van der Waals surface area (Å²) in [6.07, 6.45) is 3.15. The van der Waals surface area contributed by atoms with Crippen molar-refractivity contribution in [3.05, 3.63) is 62.3 Å². The Morgan fingerprint density at radius 3 is 2.02 bits per heavy atom. The van der Waals surface area contributed by atoms with Gasteiger partial charge in [-0.25, -0.2) is 0 Å². The van der Waals surface area contributed by atoms with Gasteiger partial charge < -0.3 is 29.7 Å². The Morgan fingerprint density at radius 1 is 0.830 bits per heavy atom. The molecule has 0 aliphatic carbocycles. The minimum Gasteiger partial charge on any atom is -0.493 e. The number of allylic oxidation sites excluding steroid dienone is 1. The Balaban J connectivity index is 1.74. The van der Waals surface area contributed by atoms with Crippen molar-refractivity contribution in [1.82, 2.24) is 14.0 Å². The molecule has 47 heavy (non-hydrogen) atoms. The van der Waals surface area contributed by atoms with Crippen molar-refractivity contribution >= 4 is 103 Å². The van der Waals surface area contributed by atoms with E-state index < -0.39 is 54.6 Å². The first kappa shape index (κ1) is 34.0. The van der Waals surface area contributed by atoms with Crippen LogP contribution in [0.1, 0.15) is 0 Å². The molecule has 15 nitrogen and oxygen atoms in total. The fraction of sp³-hybridized carbons (Fsp3) is 0.222. The minimum atomic E-state index is -1.41. The molecule has 2 aliphatic heterocycles. The first-order chi connectivity index (χ1) is 22.2. The maximum Gasteiger partial charge on any atom is 0.323 e. The molecule has 4 heterocycles. The van der Waals surface area contributed by atoms with Gasteiger partial charge in [-0.3, -0.25) is 42.8 Å². The van der Waals surface area contributed by atoms with Gasteiger partial charge in [0, 0.05) is 24.1 Å². The number of carbonyl (C=O) groups is 4. The molecule has 3 N–H and O–H groups in total. The fourth-order valence-electron chi connectivity index (χ4n) is 4.56. The Labute approximate surface area is 284 Å². The van der Waals surface area contributed by atoms with Gasteiger partial charge in [0.15, 0.2) is 11.5 Å². The van der Waals surface area contributed by atoms with Gasteiger partial charge in [0.05, 0.1) is 29.5 Å². The summed E-state index contributed by atoms with van der Waals surface area (Å²) in [7, 11) is 4.86. The molecule has 3 aromatic rings. The number of benzene rings is 1. The highest BCUT2D eigenvalue weighted by Crippen LogP contribution is 2.49. The summed E-state index contributed by atoms with van der Waals surface area (Å²) < 4.78 is 12.1. The number of fused-ring (bicyclic) bond motifs is 1. The molecule has 2 aliphatic rings. The molecule has 0 bridgehead atoms. The molecule has 246 valence electrons. The van der Waals surface area contributed by atoms with Crippen LogP contribution in [0.4, 0.5) is 5.69 Å². The van der Waals surface area contributed by atoms with E-state index >= 15 is 0 Å². The second kappa shape index (κ2) is 13.4. The SMILES string of the molecule is COc1cc2c(cc1OC)N(C)C(=CC=c1s/c(=c3/s/c(=C4/SC(=S)N(CC(=O)O)C4=O)n(CC(=O)O)c3=O)n(CC(=O)O)c1=O)S2. The number of hydrogen-bond acceptors (Lipinski definition) is 14. The summed E-state index contributed by atoms with van der Waals surface area (Å²) in [6, 6.07) is 3.62. The standard InChI is InChI=1S/C27H22N4O11S5/c1-28-11-6-12(41-2)13(42-3)7-15(11)44-16(28)5-4-14-22(38)29(8-17(32)33)25(45-14)20-23(39)30(9-18(34)35)26(46-20)21-24(40)31(10-19(36)37)27(43)47-21/h4-7H,8-10H2,1-3H3,(H,32,33)(H,34,35)(H,36,37)/b14-4?,16-5?,25-20+,26-21+. The van der Waals surface area contributed by atoms with Crippen molar-refractivity contribution in [1.29, 1.82) is 0 Å². The second-order valence-electron chi connectivity index (χ2n) is 9.57. The van der Waals surface area contributed by atoms with Crippen LogP contribution in [0, 0.1) is 9.20 Å². The van der Waals surface area contributed by atoms with Gasteiger partial charge in [0.25, 0.3) is 17.0 Å². The molecule has 0 saturated carbocycles. The van der Waals surface area contributed by atoms with Crippen molar-refractivity contribution in [2.24, 2.45) is 0 Å². The molecular formula is C27H22N4O11S5. The van der Waals surface area contributed by atoms with Crippen molar-refractivity contribution in [2.45, 2.75) is 18.0 Å². The van der Waals surface area contributed by atoms with E-state index in [-0.39, 0.29) is 27.6 Å². The number of thiazole rings is 2. The van der Waals surface area contributed by atoms with Crippen molar-refractivity contribution in [3.63, 3.8) is 0 Å². The van der Waals surface area contributed by atoms with E-state index in [2.05, 4.69) is 0 Å². The van der Waals surface area contributed by atoms with Crippen LogP contribution in [0.15, 0.2) is 37.7 Å². The van der Waals surface area contributed by atoms with Crippen molar-refractivity contribution < 1.29 is 44.0 Å². The number of aliphatic carboxylic acids is 3. The van der Waals surface area contributed by atoms with Crippen molar-refractivity contribution in [3.8, 4) is 11.5 Å². The normalized spacial score (nSPS) is 17.5. The molecule has 0 radical (unpaired) electrons. The maximum absolute atomic E-state index is 13.7. The number of ether oxygens (including phenoxy) is 2. The van der Waals surface area contributed by atoms with E-state index in [9.17, 15) is 44.1 Å². The fourth-order valence-corrected chi connectivity index (χ4v) is 9.35. The Morgan fingerprint density at radius 2 is 1.43 bits per heavy atom. The molecule has 0 unspecified atom stereocenters. The quantitative estimate of drug-likeness (QED) is 0.257. The van der Waals surface area contributed by atoms with E-state index in [4.69, 9.17) is 21.7 Å². The number of thiocarbonyl (C=S) groups is 1. The highest BCUT2D eigenvalue weighted by atomic mass is 32.2. The molecule has 0 spiro atoms. The van der Waals surface area contributed by atoms with Crippen LogP contribution < -0.4 is 34.7 Å². The van der Waals surface area contributed by atoms with Crippen LogP contribution >= 0.6 is 58.4 Å². The summed E-state index contributed by atoms with van der Waals surface area (Å²) in [4.78, 5) is 78.4. The average molecular weight is 739 g/mol. The summed E-state index contributed by atoms with van der Waals surface area (Å²) >= 11 is 8.75. The average Bonchev–Trinajstić information content (AvgIpc) is 3.68. The lowest BCUT2D eigenvalue weighted by atomic mass is 10.2. The maximum atomic E-state index is 13.7. The van der Waals surface area contributed by atoms with Gasteiger partial charge in [-0.2, -0.15) is 0 Å². The van der Waals surface area contributed by atoms with Gasteiger partial charge in [0.2, 0.25) is 0 Å². The lowest BCUT2D eigenvalue weighted by molar-refractivity contribution is -0.140. The third kappa shape index (κ3) is 6.46. The molecule has 1 aromatic carbocycles. The molecule has 5 rings (SSSR count). The zero-order chi connectivity index (χ0) is 34.3. The zero-order valence-corrected chi connectivity index (χ0v) is 28.5. The highest BCUT2D eigenvalue weighted by molar-refractivity contribution is 8.30. The van der Waals surface area contributed by atoms with Crippen LogP contribution in [0.25, 0.3) is 11.0 Å². The largest absolute Gasteiger partial charge is 0.493 e. The van der Waals surface area contributed by atoms with E-state index in [0.29, 0.717) is 39.6 Å². The number of aromatic nitrogens is 2. The molecule has 2 aromatic heterocycles. The zero-order valence-electron chi connectivity index (χ0n) is 24.4. The minimum absolute atomic E-state index is 0.0614. The van der Waals surface area contributed by atoms with Gasteiger partial charge in [-0.05, 0) is 12.2 Å². The Hall–Kier alpha value is -4.37. The summed E-state index contributed by atoms with van der Waals surface area (Å²) in [5.74, 6) is -3.89. The second-order valence-corrected chi connectivity index (χ2v) is 14.3. The third-order valence-corrected chi connectivity index (χ3v) is 11.9. The predicted octanol–water partition coefficient (Wildman–Crippen LogP) is 0.523. The van der Waals surface area contributed by atoms with E-state index in [1.165, 1.54) is 32.1 Å².